The maximum absolute atomic E-state index is 12.4. The number of nitrogens with zero attached hydrogens (tertiary/aromatic N) is 1. The highest BCUT2D eigenvalue weighted by Crippen LogP contribution is 2.37. The van der Waals surface area contributed by atoms with Gasteiger partial charge in [-0.3, -0.25) is 9.59 Å². The van der Waals surface area contributed by atoms with Gasteiger partial charge in [0.15, 0.2) is 0 Å². The van der Waals surface area contributed by atoms with E-state index in [4.69, 9.17) is 0 Å². The summed E-state index contributed by atoms with van der Waals surface area (Å²) in [6, 6.07) is 19.0. The van der Waals surface area contributed by atoms with Crippen LogP contribution in [0.3, 0.4) is 0 Å². The number of hydrogen-bond donors (Lipinski definition) is 1. The van der Waals surface area contributed by atoms with E-state index in [0.717, 1.165) is 47.7 Å². The highest BCUT2D eigenvalue weighted by molar-refractivity contribution is 5.79. The molecule has 1 fully saturated rings. The van der Waals surface area contributed by atoms with Crippen molar-refractivity contribution >= 4 is 16.9 Å². The molecule has 1 unspecified atom stereocenters. The van der Waals surface area contributed by atoms with Gasteiger partial charge in [0, 0.05) is 6.07 Å². The minimum atomic E-state index is -0.736. The van der Waals surface area contributed by atoms with E-state index in [9.17, 15) is 14.7 Å². The van der Waals surface area contributed by atoms with Crippen LogP contribution in [0.4, 0.5) is 0 Å². The Bertz CT molecular complexity index is 1010. The van der Waals surface area contributed by atoms with Crippen LogP contribution in [-0.2, 0) is 11.3 Å². The van der Waals surface area contributed by atoms with Crippen LogP contribution in [0.25, 0.3) is 10.9 Å². The molecule has 4 heteroatoms. The minimum absolute atomic E-state index is 0.0351. The Morgan fingerprint density at radius 2 is 1.70 bits per heavy atom. The summed E-state index contributed by atoms with van der Waals surface area (Å²) in [7, 11) is 0. The fourth-order valence-corrected chi connectivity index (χ4v) is 4.33. The zero-order valence-corrected chi connectivity index (χ0v) is 15.2. The fourth-order valence-electron chi connectivity index (χ4n) is 4.33. The predicted molar refractivity (Wildman–Crippen MR) is 106 cm³/mol. The van der Waals surface area contributed by atoms with Crippen LogP contribution in [-0.4, -0.2) is 15.6 Å². The van der Waals surface area contributed by atoms with Gasteiger partial charge in [-0.05, 0) is 47.4 Å². The van der Waals surface area contributed by atoms with Crippen LogP contribution in [0.5, 0.6) is 0 Å². The summed E-state index contributed by atoms with van der Waals surface area (Å²) in [6.45, 7) is 0.474. The zero-order valence-electron chi connectivity index (χ0n) is 15.2. The third-order valence-electron chi connectivity index (χ3n) is 5.72. The quantitative estimate of drug-likeness (QED) is 0.732. The van der Waals surface area contributed by atoms with E-state index in [0.29, 0.717) is 6.54 Å². The van der Waals surface area contributed by atoms with E-state index in [-0.39, 0.29) is 11.5 Å². The van der Waals surface area contributed by atoms with Crippen molar-refractivity contribution < 1.29 is 9.90 Å². The molecule has 27 heavy (non-hydrogen) atoms. The van der Waals surface area contributed by atoms with E-state index in [1.165, 1.54) is 0 Å². The average Bonchev–Trinajstić information content (AvgIpc) is 3.19. The van der Waals surface area contributed by atoms with Gasteiger partial charge in [-0.25, -0.2) is 0 Å². The number of carbonyl (C=O) groups is 1. The highest BCUT2D eigenvalue weighted by Gasteiger charge is 2.31. The Hall–Kier alpha value is -2.88. The lowest BCUT2D eigenvalue weighted by Gasteiger charge is -2.20. The number of aliphatic carboxylic acids is 1. The molecule has 3 aromatic rings. The zero-order chi connectivity index (χ0) is 18.8. The largest absolute Gasteiger partial charge is 0.481 e. The first-order valence-corrected chi connectivity index (χ1v) is 9.54. The lowest BCUT2D eigenvalue weighted by molar-refractivity contribution is -0.140. The van der Waals surface area contributed by atoms with Gasteiger partial charge < -0.3 is 9.67 Å². The van der Waals surface area contributed by atoms with Gasteiger partial charge in [0.05, 0.1) is 18.0 Å². The second-order valence-corrected chi connectivity index (χ2v) is 7.42. The normalized spacial score (nSPS) is 15.9. The SMILES string of the molecule is O=C(O)C(c1ccc(Cn2c(=O)ccc3ccccc32)cc1)C1CCCC1. The molecule has 0 bridgehead atoms. The molecule has 1 atom stereocenters. The van der Waals surface area contributed by atoms with Gasteiger partial charge in [-0.1, -0.05) is 55.3 Å². The molecule has 4 rings (SSSR count). The smallest absolute Gasteiger partial charge is 0.311 e. The van der Waals surface area contributed by atoms with Gasteiger partial charge in [-0.15, -0.1) is 0 Å². The van der Waals surface area contributed by atoms with E-state index in [2.05, 4.69) is 0 Å². The Morgan fingerprint density at radius 1 is 1.00 bits per heavy atom. The Labute approximate surface area is 158 Å². The van der Waals surface area contributed by atoms with E-state index in [1.54, 1.807) is 10.6 Å². The number of rotatable bonds is 5. The molecule has 1 heterocycles. The summed E-state index contributed by atoms with van der Waals surface area (Å²) in [6.07, 6.45) is 4.22. The van der Waals surface area contributed by atoms with Gasteiger partial charge >= 0.3 is 5.97 Å². The second-order valence-electron chi connectivity index (χ2n) is 7.42. The number of aromatic nitrogens is 1. The summed E-state index contributed by atoms with van der Waals surface area (Å²) in [5, 5.41) is 10.7. The molecule has 0 amide bonds. The van der Waals surface area contributed by atoms with Crippen molar-refractivity contribution in [3.63, 3.8) is 0 Å². The van der Waals surface area contributed by atoms with Gasteiger partial charge in [0.25, 0.3) is 5.56 Å². The first kappa shape index (κ1) is 17.5. The minimum Gasteiger partial charge on any atom is -0.481 e. The summed E-state index contributed by atoms with van der Waals surface area (Å²) in [5.41, 5.74) is 2.73. The molecule has 1 aromatic heterocycles. The molecule has 0 aliphatic heterocycles. The lowest BCUT2D eigenvalue weighted by atomic mass is 9.84. The van der Waals surface area contributed by atoms with Crippen LogP contribution in [0.1, 0.15) is 42.7 Å². The summed E-state index contributed by atoms with van der Waals surface area (Å²) >= 11 is 0. The summed E-state index contributed by atoms with van der Waals surface area (Å²) in [5.74, 6) is -0.934. The van der Waals surface area contributed by atoms with Crippen LogP contribution in [0.15, 0.2) is 65.5 Å². The van der Waals surface area contributed by atoms with Crippen molar-refractivity contribution in [3.05, 3.63) is 82.1 Å². The second kappa shape index (κ2) is 7.39. The standard InChI is InChI=1S/C23H23NO3/c25-21-14-13-17-5-3-4-8-20(17)24(21)15-16-9-11-19(12-10-16)22(23(26)27)18-6-1-2-7-18/h3-5,8-14,18,22H,1-2,6-7,15H2,(H,26,27). The molecule has 0 radical (unpaired) electrons. The lowest BCUT2D eigenvalue weighted by Crippen LogP contribution is -2.21. The predicted octanol–water partition coefficient (Wildman–Crippen LogP) is 4.41. The van der Waals surface area contributed by atoms with Gasteiger partial charge in [-0.2, -0.15) is 0 Å². The molecule has 1 saturated carbocycles. The van der Waals surface area contributed by atoms with Crippen LogP contribution >= 0.6 is 0 Å². The molecular formula is C23H23NO3. The topological polar surface area (TPSA) is 59.3 Å². The van der Waals surface area contributed by atoms with Crippen molar-refractivity contribution in [2.45, 2.75) is 38.1 Å². The number of carboxylic acid groups (broad SMARTS) is 1. The van der Waals surface area contributed by atoms with Gasteiger partial charge in [0.2, 0.25) is 0 Å². The molecule has 138 valence electrons. The third kappa shape index (κ3) is 3.52. The van der Waals surface area contributed by atoms with E-state index in [1.807, 2.05) is 54.6 Å². The molecule has 2 aromatic carbocycles. The van der Waals surface area contributed by atoms with Crippen LogP contribution in [0, 0.1) is 5.92 Å². The third-order valence-corrected chi connectivity index (χ3v) is 5.72. The Balaban J connectivity index is 1.63. The van der Waals surface area contributed by atoms with Crippen molar-refractivity contribution in [3.8, 4) is 0 Å². The van der Waals surface area contributed by atoms with Crippen molar-refractivity contribution in [2.24, 2.45) is 5.92 Å². The number of fused-ring (bicyclic) bond motifs is 1. The molecule has 1 aliphatic rings. The number of hydrogen-bond acceptors (Lipinski definition) is 2. The molecular weight excluding hydrogens is 338 g/mol. The van der Waals surface area contributed by atoms with Crippen molar-refractivity contribution in [2.75, 3.05) is 0 Å². The summed E-state index contributed by atoms with van der Waals surface area (Å²) in [4.78, 5) is 24.2. The van der Waals surface area contributed by atoms with Crippen molar-refractivity contribution in [1.82, 2.24) is 4.57 Å². The number of pyridine rings is 1. The number of carboxylic acids is 1. The fraction of sp³-hybridized carbons (Fsp3) is 0.304. The maximum Gasteiger partial charge on any atom is 0.311 e. The molecule has 1 N–H and O–H groups in total. The molecule has 0 saturated heterocycles. The monoisotopic (exact) mass is 361 g/mol. The number of benzene rings is 2. The first-order chi connectivity index (χ1) is 13.1. The van der Waals surface area contributed by atoms with Crippen LogP contribution in [0.2, 0.25) is 0 Å². The Kier molecular flexibility index (Phi) is 4.80. The highest BCUT2D eigenvalue weighted by atomic mass is 16.4. The van der Waals surface area contributed by atoms with E-state index >= 15 is 0 Å². The summed E-state index contributed by atoms with van der Waals surface area (Å²) < 4.78 is 1.76. The molecule has 1 aliphatic carbocycles. The first-order valence-electron chi connectivity index (χ1n) is 9.54. The van der Waals surface area contributed by atoms with Crippen LogP contribution < -0.4 is 5.56 Å². The molecule has 4 nitrogen and oxygen atoms in total. The average molecular weight is 361 g/mol. The Morgan fingerprint density at radius 3 is 2.41 bits per heavy atom. The van der Waals surface area contributed by atoms with E-state index < -0.39 is 11.9 Å². The van der Waals surface area contributed by atoms with Crippen molar-refractivity contribution in [1.29, 1.82) is 0 Å². The number of para-hydroxylation sites is 1. The molecule has 0 spiro atoms. The van der Waals surface area contributed by atoms with Gasteiger partial charge in [0.1, 0.15) is 0 Å². The maximum atomic E-state index is 12.4.